The van der Waals surface area contributed by atoms with Gasteiger partial charge in [0.1, 0.15) is 11.7 Å². The molecule has 0 saturated heterocycles. The van der Waals surface area contributed by atoms with Crippen molar-refractivity contribution >= 4 is 17.4 Å². The third-order valence-electron chi connectivity index (χ3n) is 18.2. The number of nitrogens with zero attached hydrogens (tertiary/aromatic N) is 1. The van der Waals surface area contributed by atoms with Gasteiger partial charge in [-0.3, -0.25) is 15.1 Å². The molecule has 4 fully saturated rings. The van der Waals surface area contributed by atoms with Crippen molar-refractivity contribution in [1.29, 1.82) is 0 Å². The van der Waals surface area contributed by atoms with Crippen LogP contribution in [0.5, 0.6) is 23.0 Å². The number of benzene rings is 2. The molecule has 4 bridgehead atoms. The number of hydrogen-bond donors (Lipinski definition) is 6. The summed E-state index contributed by atoms with van der Waals surface area (Å²) in [6.45, 7) is 3.02. The number of hydrogen-bond acceptors (Lipinski definition) is 10. The van der Waals surface area contributed by atoms with Crippen LogP contribution in [-0.4, -0.2) is 80.4 Å². The maximum Gasteiger partial charge on any atom is 0.207 e. The molecule has 7 aliphatic rings. The van der Waals surface area contributed by atoms with E-state index in [1.165, 1.54) is 0 Å². The van der Waals surface area contributed by atoms with Gasteiger partial charge in [0.15, 0.2) is 29.3 Å². The van der Waals surface area contributed by atoms with Crippen molar-refractivity contribution in [2.45, 2.75) is 127 Å². The van der Waals surface area contributed by atoms with E-state index in [1.807, 2.05) is 25.3 Å². The smallest absolute Gasteiger partial charge is 0.207 e. The molecule has 12 heteroatoms. The SMILES string of the molecule is CCC1C=CC2C(C1)C1C=CC(=O)C3(Cc4ccc(O)c(OC)c4)CCCC3CC#CNC(=NC)Nc3cc(cc4c3OC#CCC3CC(CNC)(CC3CC(O)OC)O4)C13CCCC3C2CCCO. The number of guanidine groups is 1. The zero-order valence-electron chi connectivity index (χ0n) is 42.0. The summed E-state index contributed by atoms with van der Waals surface area (Å²) < 4.78 is 25.0. The number of allylic oxidation sites excluding steroid dienone is 4. The fourth-order valence-electron chi connectivity index (χ4n) is 15.1. The predicted molar refractivity (Wildman–Crippen MR) is 272 cm³/mol. The van der Waals surface area contributed by atoms with E-state index >= 15 is 4.79 Å². The van der Waals surface area contributed by atoms with Gasteiger partial charge in [-0.05, 0) is 172 Å². The maximum absolute atomic E-state index is 15.7. The Morgan fingerprint density at radius 2 is 1.91 bits per heavy atom. The van der Waals surface area contributed by atoms with Gasteiger partial charge in [0.2, 0.25) is 11.7 Å². The van der Waals surface area contributed by atoms with Crippen molar-refractivity contribution in [2.24, 2.45) is 63.7 Å². The average Bonchev–Trinajstić information content (AvgIpc) is 4.08. The molecule has 2 heterocycles. The summed E-state index contributed by atoms with van der Waals surface area (Å²) in [7, 11) is 6.80. The third-order valence-corrected chi connectivity index (χ3v) is 18.2. The topological polar surface area (TPSA) is 163 Å². The van der Waals surface area contributed by atoms with Gasteiger partial charge in [0.05, 0.1) is 12.8 Å². The van der Waals surface area contributed by atoms with Crippen molar-refractivity contribution < 1.29 is 39.1 Å². The van der Waals surface area contributed by atoms with E-state index in [9.17, 15) is 15.3 Å². The van der Waals surface area contributed by atoms with Crippen molar-refractivity contribution in [3.8, 4) is 47.0 Å². The zero-order chi connectivity index (χ0) is 49.0. The quantitative estimate of drug-likeness (QED) is 0.0686. The second-order valence-electron chi connectivity index (χ2n) is 21.7. The molecule has 4 saturated carbocycles. The van der Waals surface area contributed by atoms with Crippen LogP contribution in [0.2, 0.25) is 0 Å². The molecule has 2 aliphatic heterocycles. The second kappa shape index (κ2) is 21.4. The van der Waals surface area contributed by atoms with E-state index in [0.29, 0.717) is 85.3 Å². The molecule has 9 rings (SSSR count). The normalized spacial score (nSPS) is 35.1. The van der Waals surface area contributed by atoms with Crippen molar-refractivity contribution in [3.63, 3.8) is 0 Å². The average molecular weight is 957 g/mol. The van der Waals surface area contributed by atoms with Gasteiger partial charge in [-0.2, -0.15) is 0 Å². The van der Waals surface area contributed by atoms with Crippen LogP contribution < -0.4 is 30.2 Å². The maximum atomic E-state index is 15.7. The number of likely N-dealkylation sites (N-methyl/N-ethyl adjacent to an activating group) is 1. The molecule has 376 valence electrons. The van der Waals surface area contributed by atoms with E-state index < -0.39 is 22.7 Å². The first-order chi connectivity index (χ1) is 34.0. The summed E-state index contributed by atoms with van der Waals surface area (Å²) in [6, 6.07) is 13.2. The molecular formula is C58H76N4O8. The molecular weight excluding hydrogens is 881 g/mol. The van der Waals surface area contributed by atoms with Gasteiger partial charge < -0.3 is 44.9 Å². The van der Waals surface area contributed by atoms with Crippen LogP contribution in [0.3, 0.4) is 0 Å². The second-order valence-corrected chi connectivity index (χ2v) is 21.7. The highest BCUT2D eigenvalue weighted by atomic mass is 16.6. The van der Waals surface area contributed by atoms with Crippen molar-refractivity contribution in [1.82, 2.24) is 10.6 Å². The lowest BCUT2D eigenvalue weighted by Gasteiger charge is -2.58. The Morgan fingerprint density at radius 3 is 2.70 bits per heavy atom. The number of carbonyl (C=O) groups is 1. The van der Waals surface area contributed by atoms with Crippen LogP contribution in [0.1, 0.15) is 114 Å². The Hall–Kier alpha value is -4.98. The van der Waals surface area contributed by atoms with Crippen LogP contribution in [-0.2, 0) is 21.4 Å². The molecule has 5 aliphatic carbocycles. The highest BCUT2D eigenvalue weighted by Crippen LogP contribution is 2.66. The standard InChI is InChI=1S/C58H76N4O8/c1-6-37-17-19-43-44(15-10-26-63)46-16-8-24-58(46)42-31-48(54-51(32-42)70-56(36-59-2)34-39(12-11-27-69-54)40(35-56)30-53(66)68-5)62-55(60-3)61-25-9-14-41-13-7-23-57(41,52(65)22-20-47(58)45(43)28-37)33-38-18-21-49(64)50(29-38)67-4/h17-22,29,31-32,37,39-41,43-47,53,59,63-64,66H,6-8,10,12-16,23-24,26,28,30,33-36H2,1-5H3,(H2,60,61,62). The van der Waals surface area contributed by atoms with Crippen LogP contribution in [0.15, 0.2) is 59.6 Å². The highest BCUT2D eigenvalue weighted by Gasteiger charge is 2.61. The molecule has 70 heavy (non-hydrogen) atoms. The van der Waals surface area contributed by atoms with Gasteiger partial charge in [0.25, 0.3) is 0 Å². The van der Waals surface area contributed by atoms with Gasteiger partial charge in [-0.15, -0.1) is 0 Å². The number of aliphatic hydroxyl groups excluding tert-OH is 2. The Balaban J connectivity index is 1.26. The summed E-state index contributed by atoms with van der Waals surface area (Å²) in [5.74, 6) is 10.7. The van der Waals surface area contributed by atoms with Gasteiger partial charge in [-0.25, -0.2) is 0 Å². The number of aromatic hydroxyl groups is 1. The monoisotopic (exact) mass is 957 g/mol. The number of carbonyl (C=O) groups excluding carboxylic acids is 1. The lowest BCUT2D eigenvalue weighted by atomic mass is 9.46. The Labute approximate surface area is 415 Å². The molecule has 13 unspecified atom stereocenters. The predicted octanol–water partition coefficient (Wildman–Crippen LogP) is 8.64. The minimum absolute atomic E-state index is 0.000852. The number of aliphatic imine (C=N–C) groups is 1. The summed E-state index contributed by atoms with van der Waals surface area (Å²) in [6.07, 6.45) is 24.3. The summed E-state index contributed by atoms with van der Waals surface area (Å²) in [4.78, 5) is 20.4. The lowest BCUT2D eigenvalue weighted by Crippen LogP contribution is -2.54. The van der Waals surface area contributed by atoms with E-state index in [2.05, 4.69) is 82.2 Å². The van der Waals surface area contributed by atoms with Gasteiger partial charge >= 0.3 is 0 Å². The minimum atomic E-state index is -0.888. The molecule has 12 nitrogen and oxygen atoms in total. The number of rotatable bonds is 12. The number of anilines is 1. The number of methoxy groups -OCH3 is 2. The molecule has 2 aromatic carbocycles. The first-order valence-electron chi connectivity index (χ1n) is 26.3. The number of ketones is 1. The fraction of sp³-hybridized carbons (Fsp3) is 0.621. The lowest BCUT2D eigenvalue weighted by molar-refractivity contribution is -0.125. The largest absolute Gasteiger partial charge is 0.504 e. The highest BCUT2D eigenvalue weighted by molar-refractivity contribution is 5.97. The molecule has 0 aromatic heterocycles. The summed E-state index contributed by atoms with van der Waals surface area (Å²) >= 11 is 0. The number of aliphatic hydroxyl groups is 2. The summed E-state index contributed by atoms with van der Waals surface area (Å²) in [5, 5.41) is 42.2. The first kappa shape index (κ1) is 50.0. The fourth-order valence-corrected chi connectivity index (χ4v) is 15.1. The molecule has 2 aromatic rings. The van der Waals surface area contributed by atoms with Gasteiger partial charge in [-0.1, -0.05) is 55.9 Å². The number of phenolic OH excluding ortho intramolecular Hbond substituents is 1. The van der Waals surface area contributed by atoms with E-state index in [1.54, 1.807) is 27.3 Å². The number of nitrogens with one attached hydrogen (secondary N) is 3. The molecule has 1 spiro atoms. The van der Waals surface area contributed by atoms with Crippen LogP contribution >= 0.6 is 0 Å². The molecule has 0 amide bonds. The first-order valence-corrected chi connectivity index (χ1v) is 26.3. The molecule has 6 N–H and O–H groups in total. The van der Waals surface area contributed by atoms with Crippen LogP contribution in [0, 0.1) is 82.7 Å². The Bertz CT molecular complexity index is 2450. The Morgan fingerprint density at radius 1 is 1.06 bits per heavy atom. The van der Waals surface area contributed by atoms with E-state index in [4.69, 9.17) is 18.9 Å². The van der Waals surface area contributed by atoms with Crippen LogP contribution in [0.4, 0.5) is 5.69 Å². The number of fused-ring (bicyclic) bond motifs is 9. The number of phenols is 1. The molecule has 13 atom stereocenters. The zero-order valence-corrected chi connectivity index (χ0v) is 42.0. The van der Waals surface area contributed by atoms with Gasteiger partial charge in [0, 0.05) is 63.4 Å². The Kier molecular flexibility index (Phi) is 15.3. The third kappa shape index (κ3) is 9.47. The summed E-state index contributed by atoms with van der Waals surface area (Å²) in [5.41, 5.74) is 1.01. The van der Waals surface area contributed by atoms with E-state index in [0.717, 1.165) is 81.8 Å². The van der Waals surface area contributed by atoms with Crippen molar-refractivity contribution in [3.05, 3.63) is 65.8 Å². The number of ether oxygens (including phenoxy) is 4. The minimum Gasteiger partial charge on any atom is -0.504 e. The molecule has 0 radical (unpaired) electrons. The van der Waals surface area contributed by atoms with Crippen LogP contribution in [0.25, 0.3) is 0 Å². The van der Waals surface area contributed by atoms with Crippen molar-refractivity contribution in [2.75, 3.05) is 46.8 Å². The van der Waals surface area contributed by atoms with E-state index in [-0.39, 0.29) is 53.6 Å².